The number of hydrogen-bond acceptors (Lipinski definition) is 3. The molecule has 0 aliphatic carbocycles. The number of nitrogens with zero attached hydrogens (tertiary/aromatic N) is 1. The van der Waals surface area contributed by atoms with Crippen LogP contribution in [0.15, 0.2) is 0 Å². The van der Waals surface area contributed by atoms with E-state index in [9.17, 15) is 0 Å². The molecule has 0 bridgehead atoms. The van der Waals surface area contributed by atoms with Crippen LogP contribution in [0.3, 0.4) is 0 Å². The summed E-state index contributed by atoms with van der Waals surface area (Å²) in [5.74, 6) is 6.25. The Labute approximate surface area is 92.7 Å². The minimum absolute atomic E-state index is 0.0465. The predicted molar refractivity (Wildman–Crippen MR) is 60.7 cm³/mol. The van der Waals surface area contributed by atoms with Gasteiger partial charge in [0.15, 0.2) is 0 Å². The van der Waals surface area contributed by atoms with Crippen molar-refractivity contribution in [2.24, 2.45) is 0 Å². The van der Waals surface area contributed by atoms with Crippen molar-refractivity contribution >= 4 is 0 Å². The van der Waals surface area contributed by atoms with E-state index in [1.807, 2.05) is 0 Å². The van der Waals surface area contributed by atoms with Gasteiger partial charge in [-0.2, -0.15) is 0 Å². The highest BCUT2D eigenvalue weighted by Crippen LogP contribution is 2.10. The molecule has 0 unspecified atom stereocenters. The van der Waals surface area contributed by atoms with Gasteiger partial charge in [-0.3, -0.25) is 4.90 Å². The van der Waals surface area contributed by atoms with Crippen LogP contribution in [0.5, 0.6) is 0 Å². The van der Waals surface area contributed by atoms with E-state index in [0.29, 0.717) is 6.04 Å². The normalized spacial score (nSPS) is 28.1. The zero-order chi connectivity index (χ0) is 11.3. The van der Waals surface area contributed by atoms with Crippen LogP contribution in [0.25, 0.3) is 0 Å². The van der Waals surface area contributed by atoms with Crippen LogP contribution >= 0.6 is 0 Å². The van der Waals surface area contributed by atoms with Gasteiger partial charge < -0.3 is 9.47 Å². The van der Waals surface area contributed by atoms with Crippen LogP contribution in [0.1, 0.15) is 20.3 Å². The summed E-state index contributed by atoms with van der Waals surface area (Å²) < 4.78 is 10.8. The average Bonchev–Trinajstić information content (AvgIpc) is 2.17. The molecular weight excluding hydrogens is 190 g/mol. The van der Waals surface area contributed by atoms with Gasteiger partial charge in [0.25, 0.3) is 0 Å². The van der Waals surface area contributed by atoms with Crippen molar-refractivity contribution in [3.63, 3.8) is 0 Å². The van der Waals surface area contributed by atoms with Gasteiger partial charge in [0, 0.05) is 39.8 Å². The molecule has 0 saturated heterocycles. The second-order valence-corrected chi connectivity index (χ2v) is 4.09. The molecule has 0 spiro atoms. The lowest BCUT2D eigenvalue weighted by molar-refractivity contribution is -0.0297. The van der Waals surface area contributed by atoms with E-state index < -0.39 is 0 Å². The summed E-state index contributed by atoms with van der Waals surface area (Å²) in [6.07, 6.45) is 0.857. The van der Waals surface area contributed by atoms with Crippen molar-refractivity contribution in [3.05, 3.63) is 0 Å². The van der Waals surface area contributed by atoms with Crippen molar-refractivity contribution in [3.8, 4) is 11.8 Å². The lowest BCUT2D eigenvalue weighted by Crippen LogP contribution is -2.44. The van der Waals surface area contributed by atoms with E-state index in [2.05, 4.69) is 30.6 Å². The minimum atomic E-state index is -0.100. The fourth-order valence-electron chi connectivity index (χ4n) is 1.76. The van der Waals surface area contributed by atoms with Gasteiger partial charge in [-0.25, -0.2) is 0 Å². The van der Waals surface area contributed by atoms with E-state index >= 15 is 0 Å². The van der Waals surface area contributed by atoms with Gasteiger partial charge in [-0.15, -0.1) is 0 Å². The molecule has 0 amide bonds. The standard InChI is InChI=1S/C12H21NO2/c1-10(2)13-8-6-5-7-11(14-3)12(9-13)15-4/h10-12H,6,8-9H2,1-4H3/t11-,12+/m1/s1. The van der Waals surface area contributed by atoms with Gasteiger partial charge in [-0.05, 0) is 13.8 Å². The van der Waals surface area contributed by atoms with Crippen molar-refractivity contribution in [1.29, 1.82) is 0 Å². The molecule has 1 heterocycles. The summed E-state index contributed by atoms with van der Waals surface area (Å²) >= 11 is 0. The highest BCUT2D eigenvalue weighted by Gasteiger charge is 2.24. The minimum Gasteiger partial charge on any atom is -0.376 e. The predicted octanol–water partition coefficient (Wildman–Crippen LogP) is 1.13. The second-order valence-electron chi connectivity index (χ2n) is 4.09. The molecule has 15 heavy (non-hydrogen) atoms. The highest BCUT2D eigenvalue weighted by molar-refractivity contribution is 5.10. The maximum atomic E-state index is 5.44. The van der Waals surface area contributed by atoms with Crippen molar-refractivity contribution in [1.82, 2.24) is 4.90 Å². The van der Waals surface area contributed by atoms with Gasteiger partial charge in [0.1, 0.15) is 12.2 Å². The Morgan fingerprint density at radius 1 is 1.27 bits per heavy atom. The molecule has 2 atom stereocenters. The van der Waals surface area contributed by atoms with E-state index in [1.165, 1.54) is 0 Å². The number of ether oxygens (including phenoxy) is 2. The van der Waals surface area contributed by atoms with E-state index in [0.717, 1.165) is 19.5 Å². The third kappa shape index (κ3) is 3.49. The Bertz CT molecular complexity index is 242. The fourth-order valence-corrected chi connectivity index (χ4v) is 1.76. The number of rotatable bonds is 3. The Hall–Kier alpha value is -0.560. The first kappa shape index (κ1) is 12.5. The highest BCUT2D eigenvalue weighted by atomic mass is 16.5. The van der Waals surface area contributed by atoms with Crippen LogP contribution in [-0.2, 0) is 9.47 Å². The summed E-state index contributed by atoms with van der Waals surface area (Å²) in [4.78, 5) is 2.38. The Balaban J connectivity index is 2.72. The van der Waals surface area contributed by atoms with E-state index in [1.54, 1.807) is 14.2 Å². The average molecular weight is 211 g/mol. The third-order valence-electron chi connectivity index (χ3n) is 2.81. The monoisotopic (exact) mass is 211 g/mol. The SMILES string of the molecule is CO[C@H]1CN(C(C)C)CCC#C[C@H]1OC. The fraction of sp³-hybridized carbons (Fsp3) is 0.833. The van der Waals surface area contributed by atoms with Crippen LogP contribution in [0.2, 0.25) is 0 Å². The van der Waals surface area contributed by atoms with Gasteiger partial charge in [-0.1, -0.05) is 11.8 Å². The summed E-state index contributed by atoms with van der Waals surface area (Å²) in [5.41, 5.74) is 0. The summed E-state index contributed by atoms with van der Waals surface area (Å²) in [5, 5.41) is 0. The molecule has 3 nitrogen and oxygen atoms in total. The molecule has 1 aliphatic rings. The molecule has 0 aromatic carbocycles. The molecule has 3 heteroatoms. The number of methoxy groups -OCH3 is 2. The molecule has 0 fully saturated rings. The van der Waals surface area contributed by atoms with E-state index in [4.69, 9.17) is 9.47 Å². The van der Waals surface area contributed by atoms with Crippen molar-refractivity contribution < 1.29 is 9.47 Å². The van der Waals surface area contributed by atoms with Crippen LogP contribution in [0.4, 0.5) is 0 Å². The third-order valence-corrected chi connectivity index (χ3v) is 2.81. The molecular formula is C12H21NO2. The lowest BCUT2D eigenvalue weighted by atomic mass is 10.1. The molecule has 1 rings (SSSR count). The Kier molecular flexibility index (Phi) is 5.10. The molecule has 0 radical (unpaired) electrons. The summed E-state index contributed by atoms with van der Waals surface area (Å²) in [7, 11) is 3.41. The zero-order valence-corrected chi connectivity index (χ0v) is 10.1. The Morgan fingerprint density at radius 3 is 2.53 bits per heavy atom. The maximum absolute atomic E-state index is 5.44. The van der Waals surface area contributed by atoms with E-state index in [-0.39, 0.29) is 12.2 Å². The zero-order valence-electron chi connectivity index (χ0n) is 10.1. The maximum Gasteiger partial charge on any atom is 0.145 e. The van der Waals surface area contributed by atoms with Crippen LogP contribution in [0, 0.1) is 11.8 Å². The largest absolute Gasteiger partial charge is 0.376 e. The van der Waals surface area contributed by atoms with Crippen molar-refractivity contribution in [2.45, 2.75) is 38.5 Å². The first-order valence-corrected chi connectivity index (χ1v) is 5.47. The summed E-state index contributed by atoms with van der Waals surface area (Å²) in [6, 6.07) is 0.528. The quantitative estimate of drug-likeness (QED) is 0.653. The molecule has 0 N–H and O–H groups in total. The smallest absolute Gasteiger partial charge is 0.145 e. The van der Waals surface area contributed by atoms with Gasteiger partial charge in [0.2, 0.25) is 0 Å². The number of hydrogen-bond donors (Lipinski definition) is 0. The van der Waals surface area contributed by atoms with Crippen LogP contribution in [-0.4, -0.2) is 50.5 Å². The van der Waals surface area contributed by atoms with Gasteiger partial charge >= 0.3 is 0 Å². The lowest BCUT2D eigenvalue weighted by Gasteiger charge is -2.32. The molecule has 0 aromatic rings. The first-order valence-electron chi connectivity index (χ1n) is 5.47. The summed E-state index contributed by atoms with van der Waals surface area (Å²) in [6.45, 7) is 6.30. The molecule has 86 valence electrons. The van der Waals surface area contributed by atoms with Crippen LogP contribution < -0.4 is 0 Å². The topological polar surface area (TPSA) is 21.7 Å². The first-order chi connectivity index (χ1) is 7.19. The Morgan fingerprint density at radius 2 is 2.00 bits per heavy atom. The second kappa shape index (κ2) is 6.12. The molecule has 0 saturated carbocycles. The van der Waals surface area contributed by atoms with Crippen molar-refractivity contribution in [2.75, 3.05) is 27.3 Å². The molecule has 0 aromatic heterocycles. The van der Waals surface area contributed by atoms with Gasteiger partial charge in [0.05, 0.1) is 0 Å². The molecule has 1 aliphatic heterocycles.